The molecule has 7 nitrogen and oxygen atoms in total. The Morgan fingerprint density at radius 1 is 1.38 bits per heavy atom. The summed E-state index contributed by atoms with van der Waals surface area (Å²) in [5, 5.41) is 9.62. The lowest BCUT2D eigenvalue weighted by Gasteiger charge is -2.21. The molecule has 1 aliphatic heterocycles. The zero-order valence-corrected chi connectivity index (χ0v) is 14.4. The number of carboxylic acid groups (broad SMARTS) is 1. The number of aromatic nitrogens is 2. The van der Waals surface area contributed by atoms with Gasteiger partial charge in [0.2, 0.25) is 5.91 Å². The van der Waals surface area contributed by atoms with E-state index >= 15 is 0 Å². The molecule has 0 spiro atoms. The quantitative estimate of drug-likeness (QED) is 0.851. The van der Waals surface area contributed by atoms with Gasteiger partial charge in [0, 0.05) is 24.0 Å². The van der Waals surface area contributed by atoms with E-state index in [-0.39, 0.29) is 24.4 Å². The van der Waals surface area contributed by atoms with Crippen LogP contribution in [0.15, 0.2) is 33.8 Å². The van der Waals surface area contributed by atoms with Gasteiger partial charge in [-0.05, 0) is 31.0 Å². The van der Waals surface area contributed by atoms with E-state index in [0.717, 1.165) is 4.47 Å². The standard InChI is InChI=1S/C16H16BrN3O4/c17-10-3-4-12-11(8-10)15(22)19(9-18-12)7-5-14(21)20-6-1-2-13(20)16(23)24/h3-4,8-9,13H,1-2,5-7H2,(H,23,24)/t13-/m1/s1. The first-order chi connectivity index (χ1) is 11.5. The van der Waals surface area contributed by atoms with Gasteiger partial charge in [-0.15, -0.1) is 0 Å². The molecule has 1 saturated heterocycles. The number of hydrogen-bond donors (Lipinski definition) is 1. The highest BCUT2D eigenvalue weighted by Gasteiger charge is 2.33. The lowest BCUT2D eigenvalue weighted by atomic mass is 10.2. The summed E-state index contributed by atoms with van der Waals surface area (Å²) < 4.78 is 2.17. The predicted molar refractivity (Wildman–Crippen MR) is 90.7 cm³/mol. The Balaban J connectivity index is 1.76. The number of likely N-dealkylation sites (tertiary alicyclic amines) is 1. The van der Waals surface area contributed by atoms with E-state index in [4.69, 9.17) is 5.11 Å². The SMILES string of the molecule is O=C(O)[C@H]1CCCN1C(=O)CCn1cnc2ccc(Br)cc2c1=O. The number of fused-ring (bicyclic) bond motifs is 1. The Morgan fingerprint density at radius 3 is 2.92 bits per heavy atom. The molecular formula is C16H16BrN3O4. The molecular weight excluding hydrogens is 378 g/mol. The number of aliphatic carboxylic acids is 1. The molecule has 1 aliphatic rings. The van der Waals surface area contributed by atoms with Crippen molar-refractivity contribution in [2.45, 2.75) is 31.8 Å². The Hall–Kier alpha value is -2.22. The fraction of sp³-hybridized carbons (Fsp3) is 0.375. The van der Waals surface area contributed by atoms with Crippen molar-refractivity contribution in [2.24, 2.45) is 0 Å². The van der Waals surface area contributed by atoms with Crippen molar-refractivity contribution >= 4 is 38.7 Å². The molecule has 1 fully saturated rings. The van der Waals surface area contributed by atoms with Crippen LogP contribution in [0.1, 0.15) is 19.3 Å². The van der Waals surface area contributed by atoms with Crippen LogP contribution in [0.3, 0.4) is 0 Å². The number of carbonyl (C=O) groups excluding carboxylic acids is 1. The van der Waals surface area contributed by atoms with E-state index in [1.165, 1.54) is 15.8 Å². The van der Waals surface area contributed by atoms with Crippen LogP contribution in [0, 0.1) is 0 Å². The number of carboxylic acids is 1. The number of carbonyl (C=O) groups is 2. The van der Waals surface area contributed by atoms with Crippen molar-refractivity contribution in [3.63, 3.8) is 0 Å². The highest BCUT2D eigenvalue weighted by atomic mass is 79.9. The maximum atomic E-state index is 12.5. The van der Waals surface area contributed by atoms with E-state index < -0.39 is 12.0 Å². The molecule has 2 aromatic rings. The van der Waals surface area contributed by atoms with E-state index in [1.807, 2.05) is 6.07 Å². The third-order valence-corrected chi connectivity index (χ3v) is 4.70. The molecule has 0 bridgehead atoms. The molecule has 0 aliphatic carbocycles. The molecule has 1 N–H and O–H groups in total. The van der Waals surface area contributed by atoms with Crippen molar-refractivity contribution < 1.29 is 14.7 Å². The van der Waals surface area contributed by atoms with Gasteiger partial charge in [0.1, 0.15) is 6.04 Å². The number of amides is 1. The second-order valence-corrected chi connectivity index (χ2v) is 6.65. The molecule has 1 aromatic carbocycles. The minimum Gasteiger partial charge on any atom is -0.480 e. The molecule has 0 radical (unpaired) electrons. The highest BCUT2D eigenvalue weighted by Crippen LogP contribution is 2.19. The first kappa shape index (κ1) is 16.6. The highest BCUT2D eigenvalue weighted by molar-refractivity contribution is 9.10. The molecule has 0 saturated carbocycles. The van der Waals surface area contributed by atoms with Gasteiger partial charge in [0.05, 0.1) is 17.2 Å². The minimum atomic E-state index is -0.977. The zero-order valence-electron chi connectivity index (χ0n) is 12.8. The molecule has 1 aromatic heterocycles. The van der Waals surface area contributed by atoms with Crippen LogP contribution < -0.4 is 5.56 Å². The first-order valence-corrected chi connectivity index (χ1v) is 8.43. The van der Waals surface area contributed by atoms with Gasteiger partial charge in [0.25, 0.3) is 5.56 Å². The fourth-order valence-corrected chi connectivity index (χ4v) is 3.33. The maximum absolute atomic E-state index is 12.5. The van der Waals surface area contributed by atoms with Crippen LogP contribution in [0.25, 0.3) is 10.9 Å². The third kappa shape index (κ3) is 3.19. The van der Waals surface area contributed by atoms with Crippen molar-refractivity contribution in [1.82, 2.24) is 14.5 Å². The normalized spacial score (nSPS) is 17.4. The van der Waals surface area contributed by atoms with Gasteiger partial charge in [-0.1, -0.05) is 15.9 Å². The monoisotopic (exact) mass is 393 g/mol. The summed E-state index contributed by atoms with van der Waals surface area (Å²) in [4.78, 5) is 41.5. The lowest BCUT2D eigenvalue weighted by Crippen LogP contribution is -2.41. The van der Waals surface area contributed by atoms with Crippen molar-refractivity contribution in [1.29, 1.82) is 0 Å². The van der Waals surface area contributed by atoms with Crippen LogP contribution in [-0.4, -0.2) is 44.0 Å². The molecule has 126 valence electrons. The summed E-state index contributed by atoms with van der Waals surface area (Å²) in [5.41, 5.74) is 0.376. The molecule has 1 atom stereocenters. The van der Waals surface area contributed by atoms with Crippen LogP contribution in [-0.2, 0) is 16.1 Å². The topological polar surface area (TPSA) is 92.5 Å². The van der Waals surface area contributed by atoms with Gasteiger partial charge in [-0.2, -0.15) is 0 Å². The molecule has 24 heavy (non-hydrogen) atoms. The number of hydrogen-bond acceptors (Lipinski definition) is 4. The van der Waals surface area contributed by atoms with Crippen molar-refractivity contribution in [3.8, 4) is 0 Å². The molecule has 8 heteroatoms. The van der Waals surface area contributed by atoms with Crippen molar-refractivity contribution in [3.05, 3.63) is 39.4 Å². The van der Waals surface area contributed by atoms with Gasteiger partial charge in [0.15, 0.2) is 0 Å². The van der Waals surface area contributed by atoms with Crippen LogP contribution in [0.4, 0.5) is 0 Å². The van der Waals surface area contributed by atoms with E-state index in [0.29, 0.717) is 30.3 Å². The van der Waals surface area contributed by atoms with Crippen LogP contribution >= 0.6 is 15.9 Å². The Kier molecular flexibility index (Phi) is 4.66. The zero-order chi connectivity index (χ0) is 17.3. The van der Waals surface area contributed by atoms with Gasteiger partial charge in [-0.25, -0.2) is 9.78 Å². The number of benzene rings is 1. The first-order valence-electron chi connectivity index (χ1n) is 7.64. The van der Waals surface area contributed by atoms with E-state index in [9.17, 15) is 14.4 Å². The number of nitrogens with zero attached hydrogens (tertiary/aromatic N) is 3. The summed E-state index contributed by atoms with van der Waals surface area (Å²) >= 11 is 3.33. The van der Waals surface area contributed by atoms with E-state index in [2.05, 4.69) is 20.9 Å². The number of rotatable bonds is 4. The largest absolute Gasteiger partial charge is 0.480 e. The Morgan fingerprint density at radius 2 is 2.17 bits per heavy atom. The second-order valence-electron chi connectivity index (χ2n) is 5.74. The predicted octanol–water partition coefficient (Wildman–Crippen LogP) is 1.62. The average molecular weight is 394 g/mol. The second kappa shape index (κ2) is 6.72. The molecule has 3 rings (SSSR count). The summed E-state index contributed by atoms with van der Waals surface area (Å²) in [6.45, 7) is 0.629. The van der Waals surface area contributed by atoms with E-state index in [1.54, 1.807) is 12.1 Å². The summed E-state index contributed by atoms with van der Waals surface area (Å²) in [6.07, 6.45) is 2.66. The van der Waals surface area contributed by atoms with Gasteiger partial charge in [-0.3, -0.25) is 14.2 Å². The number of aryl methyl sites for hydroxylation is 1. The maximum Gasteiger partial charge on any atom is 0.326 e. The molecule has 1 amide bonds. The van der Waals surface area contributed by atoms with Crippen LogP contribution in [0.5, 0.6) is 0 Å². The van der Waals surface area contributed by atoms with Gasteiger partial charge < -0.3 is 10.0 Å². The lowest BCUT2D eigenvalue weighted by molar-refractivity contribution is -0.148. The van der Waals surface area contributed by atoms with Gasteiger partial charge >= 0.3 is 5.97 Å². The smallest absolute Gasteiger partial charge is 0.326 e. The third-order valence-electron chi connectivity index (χ3n) is 4.21. The summed E-state index contributed by atoms with van der Waals surface area (Å²) in [5.74, 6) is -1.23. The summed E-state index contributed by atoms with van der Waals surface area (Å²) in [6, 6.07) is 4.50. The fourth-order valence-electron chi connectivity index (χ4n) is 2.97. The molecule has 0 unspecified atom stereocenters. The summed E-state index contributed by atoms with van der Waals surface area (Å²) in [7, 11) is 0. The molecule has 2 heterocycles. The number of halogens is 1. The van der Waals surface area contributed by atoms with Crippen LogP contribution in [0.2, 0.25) is 0 Å². The Labute approximate surface area is 146 Å². The average Bonchev–Trinajstić information content (AvgIpc) is 3.04. The minimum absolute atomic E-state index is 0.0743. The van der Waals surface area contributed by atoms with Crippen molar-refractivity contribution in [2.75, 3.05) is 6.54 Å². The Bertz CT molecular complexity index is 864.